The van der Waals surface area contributed by atoms with Crippen LogP contribution in [0.25, 0.3) is 22.0 Å². The van der Waals surface area contributed by atoms with Crippen LogP contribution in [-0.2, 0) is 6.54 Å². The molecule has 0 radical (unpaired) electrons. The Labute approximate surface area is 192 Å². The lowest BCUT2D eigenvalue weighted by atomic mass is 10.0. The van der Waals surface area contributed by atoms with E-state index in [1.54, 1.807) is 30.9 Å². The number of hydrogen-bond donors (Lipinski definition) is 1. The number of aromatic nitrogens is 3. The van der Waals surface area contributed by atoms with E-state index in [9.17, 15) is 4.79 Å². The maximum atomic E-state index is 13.1. The van der Waals surface area contributed by atoms with Gasteiger partial charge in [-0.2, -0.15) is 0 Å². The average Bonchev–Trinajstić information content (AvgIpc) is 3.78. The van der Waals surface area contributed by atoms with Crippen molar-refractivity contribution in [2.75, 3.05) is 5.32 Å². The lowest BCUT2D eigenvalue weighted by Crippen LogP contribution is -2.32. The van der Waals surface area contributed by atoms with Gasteiger partial charge in [-0.25, -0.2) is 9.97 Å². The van der Waals surface area contributed by atoms with Crippen molar-refractivity contribution >= 4 is 22.6 Å². The zero-order valence-electron chi connectivity index (χ0n) is 18.3. The molecule has 0 atom stereocenters. The highest BCUT2D eigenvalue weighted by atomic mass is 16.2. The van der Waals surface area contributed by atoms with E-state index in [2.05, 4.69) is 62.7 Å². The van der Waals surface area contributed by atoms with Crippen molar-refractivity contribution < 1.29 is 4.79 Å². The molecule has 2 saturated carbocycles. The Kier molecular flexibility index (Phi) is 4.98. The zero-order valence-corrected chi connectivity index (χ0v) is 18.3. The highest BCUT2D eigenvalue weighted by Gasteiger charge is 2.33. The largest absolute Gasteiger partial charge is 0.367 e. The van der Waals surface area contributed by atoms with E-state index in [4.69, 9.17) is 0 Å². The summed E-state index contributed by atoms with van der Waals surface area (Å²) in [6.45, 7) is 0.602. The van der Waals surface area contributed by atoms with Crippen LogP contribution in [0.2, 0.25) is 0 Å². The van der Waals surface area contributed by atoms with Crippen molar-refractivity contribution in [1.82, 2.24) is 19.9 Å². The second-order valence-corrected chi connectivity index (χ2v) is 8.97. The van der Waals surface area contributed by atoms with Gasteiger partial charge in [0.25, 0.3) is 5.91 Å². The summed E-state index contributed by atoms with van der Waals surface area (Å²) in [4.78, 5) is 28.1. The van der Waals surface area contributed by atoms with Crippen molar-refractivity contribution in [1.29, 1.82) is 0 Å². The van der Waals surface area contributed by atoms with Gasteiger partial charge in [0.05, 0.1) is 5.52 Å². The van der Waals surface area contributed by atoms with Gasteiger partial charge in [0.15, 0.2) is 0 Å². The molecule has 2 aliphatic rings. The van der Waals surface area contributed by atoms with E-state index >= 15 is 0 Å². The second-order valence-electron chi connectivity index (χ2n) is 8.97. The van der Waals surface area contributed by atoms with E-state index in [1.807, 2.05) is 4.90 Å². The molecule has 4 aromatic rings. The molecular weight excluding hydrogens is 410 g/mol. The van der Waals surface area contributed by atoms with Crippen molar-refractivity contribution in [2.45, 2.75) is 44.3 Å². The molecule has 33 heavy (non-hydrogen) atoms. The molecule has 6 heteroatoms. The summed E-state index contributed by atoms with van der Waals surface area (Å²) in [6.07, 6.45) is 9.50. The maximum Gasteiger partial charge on any atom is 0.254 e. The third kappa shape index (κ3) is 4.29. The van der Waals surface area contributed by atoms with Crippen molar-refractivity contribution in [3.05, 3.63) is 84.4 Å². The van der Waals surface area contributed by atoms with E-state index < -0.39 is 0 Å². The van der Waals surface area contributed by atoms with Crippen molar-refractivity contribution in [2.24, 2.45) is 0 Å². The molecule has 2 aliphatic carbocycles. The van der Waals surface area contributed by atoms with Gasteiger partial charge in [-0.15, -0.1) is 0 Å². The van der Waals surface area contributed by atoms with Gasteiger partial charge in [0.1, 0.15) is 12.1 Å². The first kappa shape index (κ1) is 19.9. The minimum Gasteiger partial charge on any atom is -0.367 e. The van der Waals surface area contributed by atoms with Crippen LogP contribution >= 0.6 is 0 Å². The Morgan fingerprint density at radius 1 is 0.939 bits per heavy atom. The molecule has 6 nitrogen and oxygen atoms in total. The number of nitrogens with one attached hydrogen (secondary N) is 1. The Hall–Kier alpha value is -3.80. The number of nitrogens with zero attached hydrogens (tertiary/aromatic N) is 4. The number of amides is 1. The predicted molar refractivity (Wildman–Crippen MR) is 129 cm³/mol. The van der Waals surface area contributed by atoms with Crippen LogP contribution < -0.4 is 5.32 Å². The van der Waals surface area contributed by atoms with Gasteiger partial charge in [0.2, 0.25) is 0 Å². The van der Waals surface area contributed by atoms with E-state index in [0.717, 1.165) is 46.3 Å². The van der Waals surface area contributed by atoms with E-state index in [-0.39, 0.29) is 5.91 Å². The molecule has 0 spiro atoms. The fourth-order valence-electron chi connectivity index (χ4n) is 4.23. The molecule has 1 N–H and O–H groups in total. The fraction of sp³-hybridized carbons (Fsp3) is 0.259. The zero-order chi connectivity index (χ0) is 22.2. The first-order valence-electron chi connectivity index (χ1n) is 11.6. The standard InChI is InChI=1S/C27H25N5O/c33-27(19-10-12-28-13-11-19)32(23-7-8-23)16-18-2-1-3-20(14-18)21-4-9-25-24(15-21)26(30-17-29-25)31-22-5-6-22/h1-4,9-15,17,22-23H,5-8,16H2,(H,29,30,31). The first-order chi connectivity index (χ1) is 16.2. The van der Waals surface area contributed by atoms with Gasteiger partial charge in [0, 0.05) is 42.0 Å². The number of carbonyl (C=O) groups is 1. The van der Waals surface area contributed by atoms with Crippen LogP contribution in [0, 0.1) is 0 Å². The Morgan fingerprint density at radius 2 is 1.76 bits per heavy atom. The number of fused-ring (bicyclic) bond motifs is 1. The van der Waals surface area contributed by atoms with Gasteiger partial charge in [-0.3, -0.25) is 9.78 Å². The Bertz CT molecular complexity index is 1310. The Morgan fingerprint density at radius 3 is 2.55 bits per heavy atom. The van der Waals surface area contributed by atoms with Crippen molar-refractivity contribution in [3.63, 3.8) is 0 Å². The summed E-state index contributed by atoms with van der Waals surface area (Å²) in [5.74, 6) is 0.979. The number of carbonyl (C=O) groups excluding carboxylic acids is 1. The topological polar surface area (TPSA) is 71.0 Å². The number of rotatable bonds is 7. The predicted octanol–water partition coefficient (Wildman–Crippen LogP) is 5.07. The molecule has 0 saturated heterocycles. The molecule has 2 aromatic heterocycles. The number of anilines is 1. The smallest absolute Gasteiger partial charge is 0.254 e. The lowest BCUT2D eigenvalue weighted by molar-refractivity contribution is 0.0730. The van der Waals surface area contributed by atoms with Crippen LogP contribution in [0.1, 0.15) is 41.6 Å². The molecule has 0 bridgehead atoms. The van der Waals surface area contributed by atoms with Crippen LogP contribution in [0.15, 0.2) is 73.3 Å². The number of hydrogen-bond acceptors (Lipinski definition) is 5. The summed E-state index contributed by atoms with van der Waals surface area (Å²) in [5.41, 5.74) is 5.01. The average molecular weight is 436 g/mol. The summed E-state index contributed by atoms with van der Waals surface area (Å²) in [7, 11) is 0. The highest BCUT2D eigenvalue weighted by Crippen LogP contribution is 2.32. The van der Waals surface area contributed by atoms with Crippen LogP contribution in [0.5, 0.6) is 0 Å². The van der Waals surface area contributed by atoms with E-state index in [0.29, 0.717) is 24.2 Å². The lowest BCUT2D eigenvalue weighted by Gasteiger charge is -2.23. The molecule has 2 fully saturated rings. The van der Waals surface area contributed by atoms with Gasteiger partial charge in [-0.05, 0) is 72.7 Å². The van der Waals surface area contributed by atoms with Crippen molar-refractivity contribution in [3.8, 4) is 11.1 Å². The summed E-state index contributed by atoms with van der Waals surface area (Å²) >= 11 is 0. The molecule has 2 heterocycles. The molecule has 0 unspecified atom stereocenters. The normalized spacial score (nSPS) is 15.4. The SMILES string of the molecule is O=C(c1ccncc1)N(Cc1cccc(-c2ccc3ncnc(NC4CC4)c3c2)c1)C1CC1. The monoisotopic (exact) mass is 435 g/mol. The van der Waals surface area contributed by atoms with Gasteiger partial charge in [-0.1, -0.05) is 24.3 Å². The minimum absolute atomic E-state index is 0.0731. The maximum absolute atomic E-state index is 13.1. The Balaban J connectivity index is 1.29. The molecule has 6 rings (SSSR count). The second kappa shape index (κ2) is 8.28. The minimum atomic E-state index is 0.0731. The molecule has 2 aromatic carbocycles. The molecular formula is C27H25N5O. The quantitative estimate of drug-likeness (QED) is 0.439. The number of benzene rings is 2. The first-order valence-corrected chi connectivity index (χ1v) is 11.6. The molecule has 164 valence electrons. The summed E-state index contributed by atoms with van der Waals surface area (Å²) in [5, 5.41) is 4.56. The summed E-state index contributed by atoms with van der Waals surface area (Å²) in [6, 6.07) is 19.2. The molecule has 1 amide bonds. The third-order valence-electron chi connectivity index (χ3n) is 6.34. The summed E-state index contributed by atoms with van der Waals surface area (Å²) < 4.78 is 0. The van der Waals surface area contributed by atoms with Crippen LogP contribution in [0.3, 0.4) is 0 Å². The third-order valence-corrected chi connectivity index (χ3v) is 6.34. The highest BCUT2D eigenvalue weighted by molar-refractivity contribution is 5.94. The van der Waals surface area contributed by atoms with Crippen LogP contribution in [-0.4, -0.2) is 37.8 Å². The van der Waals surface area contributed by atoms with Crippen LogP contribution in [0.4, 0.5) is 5.82 Å². The fourth-order valence-corrected chi connectivity index (χ4v) is 4.23. The molecule has 0 aliphatic heterocycles. The van der Waals surface area contributed by atoms with Gasteiger partial charge < -0.3 is 10.2 Å². The van der Waals surface area contributed by atoms with E-state index in [1.165, 1.54) is 12.8 Å². The number of pyridine rings is 1. The van der Waals surface area contributed by atoms with Gasteiger partial charge >= 0.3 is 0 Å².